The van der Waals surface area contributed by atoms with Crippen LogP contribution in [0.5, 0.6) is 0 Å². The van der Waals surface area contributed by atoms with E-state index in [0.717, 1.165) is 0 Å². The lowest BCUT2D eigenvalue weighted by molar-refractivity contribution is -0.152. The fourth-order valence-electron chi connectivity index (χ4n) is 2.09. The molecule has 1 N–H and O–H groups in total. The van der Waals surface area contributed by atoms with E-state index >= 15 is 0 Å². The molecular weight excluding hydrogens is 220 g/mol. The van der Waals surface area contributed by atoms with Gasteiger partial charge in [0.2, 0.25) is 0 Å². The van der Waals surface area contributed by atoms with Gasteiger partial charge in [-0.2, -0.15) is 0 Å². The summed E-state index contributed by atoms with van der Waals surface area (Å²) in [5, 5.41) is 9.42. The molecule has 0 fully saturated rings. The van der Waals surface area contributed by atoms with E-state index in [2.05, 4.69) is 0 Å². The van der Waals surface area contributed by atoms with Crippen molar-refractivity contribution in [2.45, 2.75) is 47.5 Å². The van der Waals surface area contributed by atoms with Crippen molar-refractivity contribution >= 4 is 11.9 Å². The van der Waals surface area contributed by atoms with Gasteiger partial charge in [0.25, 0.3) is 0 Å². The minimum absolute atomic E-state index is 0.249. The van der Waals surface area contributed by atoms with Crippen LogP contribution in [0.15, 0.2) is 11.1 Å². The third-order valence-electron chi connectivity index (χ3n) is 3.07. The summed E-state index contributed by atoms with van der Waals surface area (Å²) in [6.45, 7) is 9.00. The van der Waals surface area contributed by atoms with Crippen molar-refractivity contribution in [3.05, 3.63) is 11.1 Å². The summed E-state index contributed by atoms with van der Waals surface area (Å²) in [6.07, 6.45) is 0.746. The highest BCUT2D eigenvalue weighted by molar-refractivity contribution is 5.98. The second-order valence-electron chi connectivity index (χ2n) is 4.19. The third-order valence-corrected chi connectivity index (χ3v) is 3.07. The smallest absolute Gasteiger partial charge is 0.335 e. The topological polar surface area (TPSA) is 63.6 Å². The summed E-state index contributed by atoms with van der Waals surface area (Å²) >= 11 is 0. The van der Waals surface area contributed by atoms with Crippen LogP contribution in [-0.4, -0.2) is 23.7 Å². The van der Waals surface area contributed by atoms with Crippen LogP contribution >= 0.6 is 0 Å². The van der Waals surface area contributed by atoms with Crippen LogP contribution in [-0.2, 0) is 14.3 Å². The summed E-state index contributed by atoms with van der Waals surface area (Å²) in [5.41, 5.74) is -0.142. The van der Waals surface area contributed by atoms with Crippen molar-refractivity contribution in [2.24, 2.45) is 5.41 Å². The Kier molecular flexibility index (Phi) is 5.93. The molecule has 0 aliphatic rings. The zero-order valence-corrected chi connectivity index (χ0v) is 11.3. The normalized spacial score (nSPS) is 10.9. The van der Waals surface area contributed by atoms with Crippen LogP contribution in [0.1, 0.15) is 47.5 Å². The van der Waals surface area contributed by atoms with Crippen molar-refractivity contribution in [2.75, 3.05) is 6.61 Å². The predicted molar refractivity (Wildman–Crippen MR) is 65.7 cm³/mol. The third kappa shape index (κ3) is 3.08. The molecule has 4 nitrogen and oxygen atoms in total. The van der Waals surface area contributed by atoms with Gasteiger partial charge in [-0.15, -0.1) is 0 Å². The van der Waals surface area contributed by atoms with E-state index in [0.29, 0.717) is 18.4 Å². The summed E-state index contributed by atoms with van der Waals surface area (Å²) in [4.78, 5) is 23.4. The Balaban J connectivity index is 5.67. The van der Waals surface area contributed by atoms with E-state index < -0.39 is 17.4 Å². The number of rotatable bonds is 6. The van der Waals surface area contributed by atoms with E-state index in [1.807, 2.05) is 0 Å². The minimum atomic E-state index is -1.13. The number of carboxylic acids is 1. The fourth-order valence-corrected chi connectivity index (χ4v) is 2.09. The number of allylic oxidation sites excluding steroid dienone is 1. The van der Waals surface area contributed by atoms with Crippen LogP contribution < -0.4 is 0 Å². The van der Waals surface area contributed by atoms with Gasteiger partial charge in [0.05, 0.1) is 17.6 Å². The van der Waals surface area contributed by atoms with Gasteiger partial charge < -0.3 is 9.84 Å². The zero-order valence-electron chi connectivity index (χ0n) is 11.3. The highest BCUT2D eigenvalue weighted by atomic mass is 16.5. The molecule has 0 aromatic carbocycles. The lowest BCUT2D eigenvalue weighted by Gasteiger charge is -2.29. The Morgan fingerprint density at radius 1 is 1.12 bits per heavy atom. The fraction of sp³-hybridized carbons (Fsp3) is 0.692. The molecule has 0 atom stereocenters. The van der Waals surface area contributed by atoms with Crippen LogP contribution in [0, 0.1) is 5.41 Å². The first-order valence-corrected chi connectivity index (χ1v) is 5.95. The quantitative estimate of drug-likeness (QED) is 0.574. The van der Waals surface area contributed by atoms with E-state index in [1.165, 1.54) is 0 Å². The van der Waals surface area contributed by atoms with Gasteiger partial charge in [-0.3, -0.25) is 4.79 Å². The maximum Gasteiger partial charge on any atom is 0.335 e. The second kappa shape index (κ2) is 6.42. The first-order chi connectivity index (χ1) is 7.87. The van der Waals surface area contributed by atoms with Crippen molar-refractivity contribution in [3.8, 4) is 0 Å². The van der Waals surface area contributed by atoms with Gasteiger partial charge in [0, 0.05) is 0 Å². The summed E-state index contributed by atoms with van der Waals surface area (Å²) in [5.74, 6) is -1.48. The molecule has 0 saturated heterocycles. The maximum atomic E-state index is 11.9. The van der Waals surface area contributed by atoms with Gasteiger partial charge in [-0.1, -0.05) is 19.4 Å². The molecule has 0 unspecified atom stereocenters. The molecule has 0 amide bonds. The molecule has 0 aliphatic heterocycles. The standard InChI is InChI=1S/C13H22O4/c1-6-13(7-2,12(15)16)10(9(4)5)11(14)17-8-3/h6-8H2,1-5H3,(H,15,16). The van der Waals surface area contributed by atoms with Gasteiger partial charge in [-0.05, 0) is 33.6 Å². The monoisotopic (exact) mass is 242 g/mol. The van der Waals surface area contributed by atoms with Gasteiger partial charge in [0.1, 0.15) is 0 Å². The molecule has 98 valence electrons. The van der Waals surface area contributed by atoms with Gasteiger partial charge in [0.15, 0.2) is 0 Å². The molecule has 0 spiro atoms. The van der Waals surface area contributed by atoms with E-state index in [4.69, 9.17) is 4.74 Å². The number of esters is 1. The van der Waals surface area contributed by atoms with Gasteiger partial charge >= 0.3 is 11.9 Å². The second-order valence-corrected chi connectivity index (χ2v) is 4.19. The number of carboxylic acid groups (broad SMARTS) is 1. The van der Waals surface area contributed by atoms with Crippen LogP contribution in [0.3, 0.4) is 0 Å². The first kappa shape index (κ1) is 15.7. The largest absolute Gasteiger partial charge is 0.481 e. The lowest BCUT2D eigenvalue weighted by Crippen LogP contribution is -2.36. The average Bonchev–Trinajstić information content (AvgIpc) is 2.24. The van der Waals surface area contributed by atoms with E-state index in [-0.39, 0.29) is 12.2 Å². The molecule has 0 heterocycles. The van der Waals surface area contributed by atoms with Gasteiger partial charge in [-0.25, -0.2) is 4.79 Å². The molecule has 17 heavy (non-hydrogen) atoms. The molecule has 0 aromatic rings. The molecule has 0 rings (SSSR count). The maximum absolute atomic E-state index is 11.9. The van der Waals surface area contributed by atoms with Crippen molar-refractivity contribution in [1.82, 2.24) is 0 Å². The molecule has 0 saturated carbocycles. The summed E-state index contributed by atoms with van der Waals surface area (Å²) in [6, 6.07) is 0. The number of aliphatic carboxylic acids is 1. The highest BCUT2D eigenvalue weighted by Gasteiger charge is 2.43. The SMILES string of the molecule is CCOC(=O)C(=C(C)C)C(CC)(CC)C(=O)O. The van der Waals surface area contributed by atoms with Crippen LogP contribution in [0.4, 0.5) is 0 Å². The van der Waals surface area contributed by atoms with Crippen LogP contribution in [0.2, 0.25) is 0 Å². The minimum Gasteiger partial charge on any atom is -0.481 e. The first-order valence-electron chi connectivity index (χ1n) is 5.95. The molecule has 0 radical (unpaired) electrons. The van der Waals surface area contributed by atoms with E-state index in [1.54, 1.807) is 34.6 Å². The van der Waals surface area contributed by atoms with Crippen molar-refractivity contribution < 1.29 is 19.4 Å². The number of hydrogen-bond acceptors (Lipinski definition) is 3. The lowest BCUT2D eigenvalue weighted by atomic mass is 9.73. The number of carbonyl (C=O) groups excluding carboxylic acids is 1. The zero-order chi connectivity index (χ0) is 13.6. The molecule has 0 aromatic heterocycles. The van der Waals surface area contributed by atoms with Crippen LogP contribution in [0.25, 0.3) is 0 Å². The van der Waals surface area contributed by atoms with Crippen molar-refractivity contribution in [1.29, 1.82) is 0 Å². The number of carbonyl (C=O) groups is 2. The summed E-state index contributed by atoms with van der Waals surface area (Å²) in [7, 11) is 0. The number of ether oxygens (including phenoxy) is 1. The van der Waals surface area contributed by atoms with Crippen molar-refractivity contribution in [3.63, 3.8) is 0 Å². The molecule has 0 aliphatic carbocycles. The van der Waals surface area contributed by atoms with E-state index in [9.17, 15) is 14.7 Å². The Morgan fingerprint density at radius 2 is 1.59 bits per heavy atom. The Hall–Kier alpha value is -1.32. The average molecular weight is 242 g/mol. The molecular formula is C13H22O4. The number of hydrogen-bond donors (Lipinski definition) is 1. The Morgan fingerprint density at radius 3 is 1.82 bits per heavy atom. The summed E-state index contributed by atoms with van der Waals surface area (Å²) < 4.78 is 4.97. The Labute approximate surface area is 103 Å². The molecule has 0 bridgehead atoms. The predicted octanol–water partition coefficient (Wildman–Crippen LogP) is 2.78. The Bertz CT molecular complexity index is 320. The highest BCUT2D eigenvalue weighted by Crippen LogP contribution is 2.38. The molecule has 4 heteroatoms.